The van der Waals surface area contributed by atoms with Crippen LogP contribution in [0.2, 0.25) is 0 Å². The summed E-state index contributed by atoms with van der Waals surface area (Å²) in [7, 11) is 0. The van der Waals surface area contributed by atoms with Gasteiger partial charge in [0, 0.05) is 6.08 Å². The van der Waals surface area contributed by atoms with E-state index in [1.165, 1.54) is 18.9 Å². The molecule has 0 aromatic carbocycles. The molecular formula is C11H21ClO2. The summed E-state index contributed by atoms with van der Waals surface area (Å²) in [5, 5.41) is 0. The van der Waals surface area contributed by atoms with E-state index >= 15 is 0 Å². The van der Waals surface area contributed by atoms with Gasteiger partial charge in [0.2, 0.25) is 0 Å². The maximum absolute atomic E-state index is 10.8. The van der Waals surface area contributed by atoms with Crippen LogP contribution < -0.4 is 0 Å². The van der Waals surface area contributed by atoms with E-state index < -0.39 is 0 Å². The van der Waals surface area contributed by atoms with Crippen molar-refractivity contribution in [2.24, 2.45) is 5.92 Å². The van der Waals surface area contributed by atoms with Gasteiger partial charge in [-0.15, -0.1) is 12.4 Å². The van der Waals surface area contributed by atoms with Gasteiger partial charge in [-0.25, -0.2) is 4.79 Å². The van der Waals surface area contributed by atoms with Crippen LogP contribution in [0.5, 0.6) is 0 Å². The number of carbonyl (C=O) groups is 1. The summed E-state index contributed by atoms with van der Waals surface area (Å²) in [6.07, 6.45) is 5.85. The molecule has 0 saturated carbocycles. The van der Waals surface area contributed by atoms with E-state index in [0.717, 1.165) is 12.8 Å². The average Bonchev–Trinajstić information content (AvgIpc) is 2.17. The third-order valence-electron chi connectivity index (χ3n) is 2.17. The molecule has 0 aromatic rings. The molecule has 0 aliphatic heterocycles. The Hall–Kier alpha value is -0.500. The van der Waals surface area contributed by atoms with Crippen LogP contribution in [0.3, 0.4) is 0 Å². The topological polar surface area (TPSA) is 26.3 Å². The Morgan fingerprint density at radius 2 is 2.14 bits per heavy atom. The van der Waals surface area contributed by atoms with Crippen LogP contribution in [-0.4, -0.2) is 12.6 Å². The number of unbranched alkanes of at least 4 members (excludes halogenated alkanes) is 1. The van der Waals surface area contributed by atoms with Crippen molar-refractivity contribution in [3.05, 3.63) is 12.7 Å². The SMILES string of the molecule is C=CC(=O)OCC(CC)CCCC.Cl. The first-order valence-corrected chi connectivity index (χ1v) is 5.03. The Bertz CT molecular complexity index is 157. The average molecular weight is 221 g/mol. The molecule has 0 amide bonds. The van der Waals surface area contributed by atoms with Crippen molar-refractivity contribution in [1.29, 1.82) is 0 Å². The van der Waals surface area contributed by atoms with Crippen molar-refractivity contribution in [2.75, 3.05) is 6.61 Å². The molecule has 0 N–H and O–H groups in total. The molecule has 0 aliphatic rings. The van der Waals surface area contributed by atoms with Gasteiger partial charge in [-0.1, -0.05) is 39.7 Å². The molecule has 0 aliphatic carbocycles. The second kappa shape index (κ2) is 10.6. The Morgan fingerprint density at radius 1 is 1.50 bits per heavy atom. The van der Waals surface area contributed by atoms with E-state index in [1.807, 2.05) is 0 Å². The Kier molecular flexibility index (Phi) is 12.1. The summed E-state index contributed by atoms with van der Waals surface area (Å²) < 4.78 is 4.98. The molecule has 0 fully saturated rings. The van der Waals surface area contributed by atoms with E-state index in [0.29, 0.717) is 12.5 Å². The lowest BCUT2D eigenvalue weighted by atomic mass is 10.0. The summed E-state index contributed by atoms with van der Waals surface area (Å²) in [6, 6.07) is 0. The predicted octanol–water partition coefficient (Wildman–Crippen LogP) is 3.35. The van der Waals surface area contributed by atoms with Crippen LogP contribution in [0.1, 0.15) is 39.5 Å². The zero-order valence-corrected chi connectivity index (χ0v) is 9.94. The van der Waals surface area contributed by atoms with E-state index in [2.05, 4.69) is 20.4 Å². The van der Waals surface area contributed by atoms with Crippen molar-refractivity contribution < 1.29 is 9.53 Å². The Morgan fingerprint density at radius 3 is 2.57 bits per heavy atom. The van der Waals surface area contributed by atoms with E-state index in [-0.39, 0.29) is 18.4 Å². The van der Waals surface area contributed by atoms with Gasteiger partial charge in [0.05, 0.1) is 6.61 Å². The van der Waals surface area contributed by atoms with E-state index in [1.54, 1.807) is 0 Å². The highest BCUT2D eigenvalue weighted by Gasteiger charge is 2.07. The second-order valence-electron chi connectivity index (χ2n) is 3.25. The van der Waals surface area contributed by atoms with Crippen LogP contribution in [0.4, 0.5) is 0 Å². The molecule has 84 valence electrons. The summed E-state index contributed by atoms with van der Waals surface area (Å²) >= 11 is 0. The zero-order chi connectivity index (χ0) is 10.1. The molecule has 14 heavy (non-hydrogen) atoms. The predicted molar refractivity (Wildman–Crippen MR) is 61.7 cm³/mol. The maximum Gasteiger partial charge on any atom is 0.330 e. The lowest BCUT2D eigenvalue weighted by Crippen LogP contribution is -2.12. The molecule has 0 radical (unpaired) electrons. The quantitative estimate of drug-likeness (QED) is 0.486. The minimum atomic E-state index is -0.310. The lowest BCUT2D eigenvalue weighted by molar-refractivity contribution is -0.139. The Labute approximate surface area is 93.1 Å². The fourth-order valence-electron chi connectivity index (χ4n) is 1.16. The van der Waals surface area contributed by atoms with Crippen molar-refractivity contribution >= 4 is 18.4 Å². The molecule has 0 bridgehead atoms. The van der Waals surface area contributed by atoms with Crippen LogP contribution >= 0.6 is 12.4 Å². The third kappa shape index (κ3) is 8.11. The molecule has 0 saturated heterocycles. The number of ether oxygens (including phenoxy) is 1. The highest BCUT2D eigenvalue weighted by Crippen LogP contribution is 2.12. The smallest absolute Gasteiger partial charge is 0.330 e. The molecule has 3 heteroatoms. The first kappa shape index (κ1) is 15.9. The van der Waals surface area contributed by atoms with Crippen molar-refractivity contribution in [3.8, 4) is 0 Å². The van der Waals surface area contributed by atoms with Crippen LogP contribution in [0.25, 0.3) is 0 Å². The molecule has 0 rings (SSSR count). The van der Waals surface area contributed by atoms with Crippen LogP contribution in [0, 0.1) is 5.92 Å². The van der Waals surface area contributed by atoms with Gasteiger partial charge in [-0.3, -0.25) is 0 Å². The van der Waals surface area contributed by atoms with Crippen molar-refractivity contribution in [1.82, 2.24) is 0 Å². The summed E-state index contributed by atoms with van der Waals surface area (Å²) in [5.74, 6) is 0.207. The first-order valence-electron chi connectivity index (χ1n) is 5.03. The standard InChI is InChI=1S/C11H20O2.ClH/c1-4-7-8-10(5-2)9-13-11(12)6-3;/h6,10H,3-5,7-9H2,1-2H3;1H. The number of carbonyl (C=O) groups excluding carboxylic acids is 1. The van der Waals surface area contributed by atoms with Gasteiger partial charge in [0.1, 0.15) is 0 Å². The van der Waals surface area contributed by atoms with Crippen molar-refractivity contribution in [2.45, 2.75) is 39.5 Å². The lowest BCUT2D eigenvalue weighted by Gasteiger charge is -2.13. The van der Waals surface area contributed by atoms with Crippen molar-refractivity contribution in [3.63, 3.8) is 0 Å². The normalized spacial score (nSPS) is 11.3. The Balaban J connectivity index is 0. The van der Waals surface area contributed by atoms with E-state index in [9.17, 15) is 4.79 Å². The summed E-state index contributed by atoms with van der Waals surface area (Å²) in [5.41, 5.74) is 0. The first-order chi connectivity index (χ1) is 6.24. The van der Waals surface area contributed by atoms with Gasteiger partial charge >= 0.3 is 5.97 Å². The fraction of sp³-hybridized carbons (Fsp3) is 0.727. The molecule has 1 unspecified atom stereocenters. The molecule has 2 nitrogen and oxygen atoms in total. The largest absolute Gasteiger partial charge is 0.462 e. The van der Waals surface area contributed by atoms with Gasteiger partial charge in [0.25, 0.3) is 0 Å². The molecule has 0 spiro atoms. The minimum Gasteiger partial charge on any atom is -0.462 e. The van der Waals surface area contributed by atoms with Gasteiger partial charge in [0.15, 0.2) is 0 Å². The van der Waals surface area contributed by atoms with Gasteiger partial charge < -0.3 is 4.74 Å². The maximum atomic E-state index is 10.8. The zero-order valence-electron chi connectivity index (χ0n) is 9.12. The number of hydrogen-bond acceptors (Lipinski definition) is 2. The van der Waals surface area contributed by atoms with Gasteiger partial charge in [-0.2, -0.15) is 0 Å². The molecule has 1 atom stereocenters. The fourth-order valence-corrected chi connectivity index (χ4v) is 1.16. The van der Waals surface area contributed by atoms with Crippen LogP contribution in [0.15, 0.2) is 12.7 Å². The molecular weight excluding hydrogens is 200 g/mol. The number of halogens is 1. The van der Waals surface area contributed by atoms with E-state index in [4.69, 9.17) is 4.74 Å². The number of esters is 1. The highest BCUT2D eigenvalue weighted by molar-refractivity contribution is 5.85. The monoisotopic (exact) mass is 220 g/mol. The third-order valence-corrected chi connectivity index (χ3v) is 2.17. The minimum absolute atomic E-state index is 0. The number of rotatable bonds is 7. The number of hydrogen-bond donors (Lipinski definition) is 0. The molecule has 0 aromatic heterocycles. The summed E-state index contributed by atoms with van der Waals surface area (Å²) in [4.78, 5) is 10.8. The highest BCUT2D eigenvalue weighted by atomic mass is 35.5. The molecule has 0 heterocycles. The van der Waals surface area contributed by atoms with Crippen LogP contribution in [-0.2, 0) is 9.53 Å². The van der Waals surface area contributed by atoms with Gasteiger partial charge in [-0.05, 0) is 12.3 Å². The summed E-state index contributed by atoms with van der Waals surface area (Å²) in [6.45, 7) is 8.19. The second-order valence-corrected chi connectivity index (χ2v) is 3.25.